The lowest BCUT2D eigenvalue weighted by Crippen LogP contribution is -2.61. The minimum Gasteiger partial charge on any atom is -0.481 e. The van der Waals surface area contributed by atoms with Gasteiger partial charge in [-0.05, 0) is 64.7 Å². The molecule has 0 radical (unpaired) electrons. The Balaban J connectivity index is 3.42. The Kier molecular flexibility index (Phi) is 47.5. The summed E-state index contributed by atoms with van der Waals surface area (Å²) in [5.41, 5.74) is 37.9. The lowest BCUT2D eigenvalue weighted by molar-refractivity contribution is -0.143. The number of imidazole rings is 1. The van der Waals surface area contributed by atoms with Crippen molar-refractivity contribution in [1.29, 1.82) is 16.2 Å². The number of carbonyl (C=O) groups is 19. The van der Waals surface area contributed by atoms with Gasteiger partial charge in [0.2, 0.25) is 100 Å². The zero-order valence-electron chi connectivity index (χ0n) is 62.9. The Morgan fingerprint density at radius 3 is 1.13 bits per heavy atom. The van der Waals surface area contributed by atoms with Gasteiger partial charge in [-0.25, -0.2) is 9.78 Å². The molecule has 0 spiro atoms. The molecular weight excluding hydrogens is 1580 g/mol. The van der Waals surface area contributed by atoms with Crippen molar-refractivity contribution < 1.29 is 112 Å². The van der Waals surface area contributed by atoms with Gasteiger partial charge in [0.1, 0.15) is 72.5 Å². The molecule has 1 heterocycles. The molecule has 116 heavy (non-hydrogen) atoms. The van der Waals surface area contributed by atoms with Gasteiger partial charge in [0.15, 0.2) is 17.9 Å². The number of primary amides is 3. The third kappa shape index (κ3) is 41.9. The summed E-state index contributed by atoms with van der Waals surface area (Å²) in [4.78, 5) is 256. The van der Waals surface area contributed by atoms with Crippen LogP contribution in [0.5, 0.6) is 0 Å². The molecule has 54 heteroatoms. The number of aromatic nitrogens is 2. The predicted molar refractivity (Wildman–Crippen MR) is 410 cm³/mol. The molecule has 1 rings (SSSR count). The summed E-state index contributed by atoms with van der Waals surface area (Å²) < 4.78 is 0. The highest BCUT2D eigenvalue weighted by atomic mass is 32.1. The first-order chi connectivity index (χ1) is 54.5. The first-order valence-corrected chi connectivity index (χ1v) is 36.7. The topological polar surface area (TPSA) is 892 Å². The first-order valence-electron chi connectivity index (χ1n) is 35.4. The average molecular weight is 1690 g/mol. The zero-order valence-corrected chi connectivity index (χ0v) is 64.6. The van der Waals surface area contributed by atoms with Gasteiger partial charge in [-0.3, -0.25) is 103 Å². The van der Waals surface area contributed by atoms with E-state index in [-0.39, 0.29) is 69.4 Å². The fourth-order valence-corrected chi connectivity index (χ4v) is 10.4. The predicted octanol–water partition coefficient (Wildman–Crippen LogP) is -15.7. The fraction of sp³-hybridized carbons (Fsp3) is 0.597. The van der Waals surface area contributed by atoms with Crippen molar-refractivity contribution in [2.24, 2.45) is 40.1 Å². The maximum atomic E-state index is 14.5. The fourth-order valence-electron chi connectivity index (χ4n) is 9.87. The lowest BCUT2D eigenvalue weighted by atomic mass is 10.0. The van der Waals surface area contributed by atoms with Crippen molar-refractivity contribution in [2.75, 3.05) is 57.4 Å². The molecule has 0 unspecified atom stereocenters. The summed E-state index contributed by atoms with van der Waals surface area (Å²) >= 11 is 8.13. The van der Waals surface area contributed by atoms with Gasteiger partial charge in [0, 0.05) is 68.7 Å². The summed E-state index contributed by atoms with van der Waals surface area (Å²) in [6.45, 7) is -2.65. The van der Waals surface area contributed by atoms with E-state index < -0.39 is 286 Å². The highest BCUT2D eigenvalue weighted by Gasteiger charge is 2.37. The van der Waals surface area contributed by atoms with E-state index in [1.165, 1.54) is 13.1 Å². The molecule has 0 saturated carbocycles. The summed E-state index contributed by atoms with van der Waals surface area (Å²) in [6, 6.07) is -22.1. The SMILES string of the molecule is C[C@H](NC(=O)CNC(=O)[C@H](CCCNC(=N)N)NC(=O)[C@@H](N)CCCNC(=N)N)C(=O)NCC(=O)N[C@@H](CO)C(=O)N[C@@H](CO)C(=O)N[C@@H](CCC(N)=O)C(=O)N[C@@H](Cc1cnc[nH]1)C(=O)N[C@@H](CCC(N)=O)C(=O)N[C@@H](CCC(=O)O)C(=O)N[C@@H](CCCNC(=N)N)C(=O)N[C@@H](CS)C(=O)N[C@@H](CS)C(=O)N[C@@H](CC(N)=O)C(=O)O. The van der Waals surface area contributed by atoms with Crippen LogP contribution in [-0.2, 0) is 97.5 Å². The highest BCUT2D eigenvalue weighted by Crippen LogP contribution is 2.11. The smallest absolute Gasteiger partial charge is 0.326 e. The molecule has 13 atom stereocenters. The van der Waals surface area contributed by atoms with E-state index in [0.29, 0.717) is 6.42 Å². The molecule has 0 aliphatic heterocycles. The molecule has 1 aromatic rings. The zero-order chi connectivity index (χ0) is 87.9. The molecule has 0 saturated heterocycles. The molecule has 648 valence electrons. The van der Waals surface area contributed by atoms with Gasteiger partial charge in [0.25, 0.3) is 0 Å². The monoisotopic (exact) mass is 1690 g/mol. The number of nitrogens with zero attached hydrogens (tertiary/aromatic N) is 1. The Morgan fingerprint density at radius 2 is 0.741 bits per heavy atom. The number of thiol groups is 2. The van der Waals surface area contributed by atoms with Crippen LogP contribution in [-0.4, -0.2) is 297 Å². The number of rotatable bonds is 58. The van der Waals surface area contributed by atoms with Crippen LogP contribution in [0.25, 0.3) is 0 Å². The molecule has 17 amide bonds. The number of aliphatic carboxylic acids is 2. The summed E-state index contributed by atoms with van der Waals surface area (Å²) in [6.07, 6.45) is -3.10. The van der Waals surface area contributed by atoms with Crippen molar-refractivity contribution in [3.8, 4) is 0 Å². The molecule has 39 N–H and O–H groups in total. The van der Waals surface area contributed by atoms with Crippen molar-refractivity contribution >= 4 is 155 Å². The van der Waals surface area contributed by atoms with Crippen LogP contribution in [0.4, 0.5) is 0 Å². The minimum atomic E-state index is -2.04. The van der Waals surface area contributed by atoms with E-state index in [2.05, 4.69) is 115 Å². The number of nitrogens with two attached hydrogens (primary N) is 7. The number of aromatic amines is 1. The van der Waals surface area contributed by atoms with Gasteiger partial charge >= 0.3 is 11.9 Å². The molecule has 0 aliphatic carbocycles. The highest BCUT2D eigenvalue weighted by molar-refractivity contribution is 7.80. The third-order valence-corrected chi connectivity index (χ3v) is 16.7. The number of nitrogens with one attached hydrogen (secondary N) is 21. The van der Waals surface area contributed by atoms with Crippen LogP contribution < -0.4 is 131 Å². The molecule has 0 aromatic carbocycles. The lowest BCUT2D eigenvalue weighted by Gasteiger charge is -2.28. The largest absolute Gasteiger partial charge is 0.481 e. The molecule has 52 nitrogen and oxygen atoms in total. The number of aliphatic hydroxyl groups is 2. The normalized spacial score (nSPS) is 14.1. The Labute approximate surface area is 672 Å². The van der Waals surface area contributed by atoms with Gasteiger partial charge in [-0.1, -0.05) is 0 Å². The minimum absolute atomic E-state index is 0.0157. The number of carboxylic acid groups (broad SMARTS) is 2. The second-order valence-corrected chi connectivity index (χ2v) is 26.2. The third-order valence-electron chi connectivity index (χ3n) is 16.0. The van der Waals surface area contributed by atoms with Gasteiger partial charge < -0.3 is 156 Å². The van der Waals surface area contributed by atoms with Crippen LogP contribution in [0.1, 0.15) is 96.1 Å². The molecule has 0 fully saturated rings. The number of carboxylic acids is 2. The summed E-state index contributed by atoms with van der Waals surface area (Å²) in [5.74, 6) is -24.4. The maximum absolute atomic E-state index is 14.5. The van der Waals surface area contributed by atoms with Crippen LogP contribution in [0.2, 0.25) is 0 Å². The van der Waals surface area contributed by atoms with Crippen molar-refractivity contribution in [3.63, 3.8) is 0 Å². The number of hydrogen-bond acceptors (Lipinski definition) is 28. The quantitative estimate of drug-likeness (QED) is 0.0125. The number of amides is 17. The molecule has 0 aliphatic rings. The molecular formula is C62H105N29O23S2. The number of hydrogen-bond donors (Lipinski definition) is 34. The summed E-state index contributed by atoms with van der Waals surface area (Å²) in [5, 5.41) is 101. The van der Waals surface area contributed by atoms with E-state index in [1.807, 2.05) is 10.6 Å². The van der Waals surface area contributed by atoms with E-state index in [9.17, 15) is 112 Å². The van der Waals surface area contributed by atoms with E-state index >= 15 is 0 Å². The second kappa shape index (κ2) is 54.3. The van der Waals surface area contributed by atoms with E-state index in [1.54, 1.807) is 0 Å². The standard InChI is InChI=1S/C62H105N29O23S2/c1-27(80-44(97)20-78-49(103)30(6-3-15-75-61(69)70)82-48(102)29(63)5-2-14-74-60(67)68)47(101)77-21-45(98)81-37(22-92)55(109)89-38(23-93)56(110)86-33(9-12-42(65)95)53(107)87-35(17-28-19-73-26-79-28)54(108)85-32(8-11-41(64)94)51(105)84-34(10-13-46(99)100)52(106)83-31(7-4-16-76-62(71)72)50(104)90-40(25-116)58(112)91-39(24-115)57(111)88-36(59(113)114)18-43(66)96/h19,26-27,29-40,92-93,115-116H,2-18,20-25,63H2,1H3,(H2,64,94)(H2,65,95)(H2,66,96)(H,73,79)(H,77,101)(H,78,103)(H,80,97)(H,81,98)(H,82,102)(H,83,106)(H,84,105)(H,85,108)(H,86,110)(H,87,107)(H,88,111)(H,89,109)(H,90,104)(H,91,112)(H,99,100)(H,113,114)(H4,67,68,74)(H4,69,70,75)(H4,71,72,76)/t27-,29-,30-,31-,32-,33-,34-,35-,36-,37-,38-,39-,40-/m0/s1. The summed E-state index contributed by atoms with van der Waals surface area (Å²) in [7, 11) is 0. The van der Waals surface area contributed by atoms with E-state index in [4.69, 9.17) is 56.4 Å². The second-order valence-electron chi connectivity index (χ2n) is 25.5. The number of guanidine groups is 3. The number of aliphatic hydroxyl groups excluding tert-OH is 2. The maximum Gasteiger partial charge on any atom is 0.326 e. The van der Waals surface area contributed by atoms with Gasteiger partial charge in [0.05, 0.1) is 45.1 Å². The van der Waals surface area contributed by atoms with Crippen LogP contribution in [0.15, 0.2) is 12.5 Å². The van der Waals surface area contributed by atoms with Crippen molar-refractivity contribution in [1.82, 2.24) is 100 Å². The molecule has 0 bridgehead atoms. The average Bonchev–Trinajstić information content (AvgIpc) is 1.22. The number of carbonyl (C=O) groups excluding carboxylic acids is 17. The Hall–Kier alpha value is -12.5. The Morgan fingerprint density at radius 1 is 0.405 bits per heavy atom. The van der Waals surface area contributed by atoms with Crippen LogP contribution in [0, 0.1) is 16.2 Å². The van der Waals surface area contributed by atoms with E-state index in [0.717, 1.165) is 6.33 Å². The van der Waals surface area contributed by atoms with Crippen molar-refractivity contribution in [3.05, 3.63) is 18.2 Å². The first kappa shape index (κ1) is 102. The van der Waals surface area contributed by atoms with Crippen LogP contribution >= 0.6 is 25.3 Å². The number of H-pyrrole nitrogens is 1. The van der Waals surface area contributed by atoms with Gasteiger partial charge in [-0.2, -0.15) is 25.3 Å². The molecule has 1 aromatic heterocycles. The van der Waals surface area contributed by atoms with Crippen molar-refractivity contribution in [2.45, 2.75) is 175 Å². The van der Waals surface area contributed by atoms with Crippen LogP contribution in [0.3, 0.4) is 0 Å². The Bertz CT molecular complexity index is 3620. The van der Waals surface area contributed by atoms with Gasteiger partial charge in [-0.15, -0.1) is 0 Å².